The molecule has 1 fully saturated rings. The number of hydrogen-bond acceptors (Lipinski definition) is 3. The summed E-state index contributed by atoms with van der Waals surface area (Å²) in [7, 11) is 0. The van der Waals surface area contributed by atoms with E-state index in [1.807, 2.05) is 24.3 Å². The summed E-state index contributed by atoms with van der Waals surface area (Å²) in [5, 5.41) is 8.94. The Balaban J connectivity index is 1.36. The summed E-state index contributed by atoms with van der Waals surface area (Å²) in [6.45, 7) is 4.81. The fraction of sp³-hybridized carbons (Fsp3) is 0.435. The molecule has 0 spiro atoms. The molecule has 26 heavy (non-hydrogen) atoms. The fourth-order valence-corrected chi connectivity index (χ4v) is 4.22. The quantitative estimate of drug-likeness (QED) is 0.781. The number of nitrogens with zero attached hydrogens (tertiary/aromatic N) is 2. The largest absolute Gasteiger partial charge is 0.490 e. The first-order valence-corrected chi connectivity index (χ1v) is 9.77. The number of likely N-dealkylation sites (tertiary alicyclic amines) is 1. The first kappa shape index (κ1) is 17.1. The van der Waals surface area contributed by atoms with Crippen LogP contribution in [0.1, 0.15) is 43.7 Å². The van der Waals surface area contributed by atoms with E-state index >= 15 is 0 Å². The van der Waals surface area contributed by atoms with Gasteiger partial charge in [-0.3, -0.25) is 0 Å². The van der Waals surface area contributed by atoms with E-state index in [0.29, 0.717) is 11.7 Å². The van der Waals surface area contributed by atoms with Crippen LogP contribution in [0.3, 0.4) is 0 Å². The minimum atomic E-state index is 0.319. The Bertz CT molecular complexity index is 806. The molecule has 2 atom stereocenters. The van der Waals surface area contributed by atoms with Gasteiger partial charge in [0.05, 0.1) is 11.6 Å². The second-order valence-electron chi connectivity index (χ2n) is 7.63. The van der Waals surface area contributed by atoms with Crippen molar-refractivity contribution >= 4 is 0 Å². The van der Waals surface area contributed by atoms with Gasteiger partial charge in [-0.05, 0) is 80.6 Å². The van der Waals surface area contributed by atoms with Crippen LogP contribution < -0.4 is 4.74 Å². The maximum atomic E-state index is 8.94. The van der Waals surface area contributed by atoms with Gasteiger partial charge in [0.1, 0.15) is 11.9 Å². The predicted octanol–water partition coefficient (Wildman–Crippen LogP) is 4.79. The molecule has 1 saturated heterocycles. The second kappa shape index (κ2) is 7.51. The zero-order valence-corrected chi connectivity index (χ0v) is 15.4. The van der Waals surface area contributed by atoms with Gasteiger partial charge in [-0.2, -0.15) is 5.26 Å². The molecule has 2 aromatic rings. The highest BCUT2D eigenvalue weighted by molar-refractivity contribution is 5.67. The highest BCUT2D eigenvalue weighted by atomic mass is 16.5. The van der Waals surface area contributed by atoms with Gasteiger partial charge in [0.2, 0.25) is 0 Å². The van der Waals surface area contributed by atoms with Gasteiger partial charge < -0.3 is 9.64 Å². The molecule has 4 rings (SSSR count). The monoisotopic (exact) mass is 346 g/mol. The Labute approximate surface area is 156 Å². The van der Waals surface area contributed by atoms with Crippen LogP contribution in [0.4, 0.5) is 0 Å². The summed E-state index contributed by atoms with van der Waals surface area (Å²) in [6.07, 6.45) is 6.39. The number of ether oxygens (including phenoxy) is 1. The van der Waals surface area contributed by atoms with Crippen molar-refractivity contribution in [3.8, 4) is 22.9 Å². The van der Waals surface area contributed by atoms with Crippen molar-refractivity contribution in [3.05, 3.63) is 53.6 Å². The summed E-state index contributed by atoms with van der Waals surface area (Å²) in [5.41, 5.74) is 4.29. The third-order valence-electron chi connectivity index (χ3n) is 5.82. The Morgan fingerprint density at radius 1 is 1.15 bits per heavy atom. The summed E-state index contributed by atoms with van der Waals surface area (Å²) >= 11 is 0. The van der Waals surface area contributed by atoms with Crippen LogP contribution in [0.2, 0.25) is 0 Å². The van der Waals surface area contributed by atoms with Gasteiger partial charge in [0, 0.05) is 12.5 Å². The van der Waals surface area contributed by atoms with E-state index in [4.69, 9.17) is 10.00 Å². The van der Waals surface area contributed by atoms with Gasteiger partial charge in [0.15, 0.2) is 0 Å². The van der Waals surface area contributed by atoms with E-state index in [2.05, 4.69) is 36.1 Å². The highest BCUT2D eigenvalue weighted by Crippen LogP contribution is 2.34. The van der Waals surface area contributed by atoms with Gasteiger partial charge >= 0.3 is 0 Å². The Kier molecular flexibility index (Phi) is 4.95. The lowest BCUT2D eigenvalue weighted by Gasteiger charge is -2.21. The van der Waals surface area contributed by atoms with Crippen molar-refractivity contribution in [2.45, 2.75) is 51.2 Å². The topological polar surface area (TPSA) is 36.3 Å². The summed E-state index contributed by atoms with van der Waals surface area (Å²) in [6, 6.07) is 17.2. The van der Waals surface area contributed by atoms with E-state index in [-0.39, 0.29) is 0 Å². The van der Waals surface area contributed by atoms with E-state index in [1.54, 1.807) is 0 Å². The first-order valence-electron chi connectivity index (χ1n) is 9.77. The Morgan fingerprint density at radius 2 is 1.96 bits per heavy atom. The van der Waals surface area contributed by atoms with Crippen molar-refractivity contribution in [3.63, 3.8) is 0 Å². The number of hydrogen-bond donors (Lipinski definition) is 0. The molecule has 2 aromatic carbocycles. The van der Waals surface area contributed by atoms with Crippen LogP contribution in [0.15, 0.2) is 42.5 Å². The van der Waals surface area contributed by atoms with Gasteiger partial charge in [-0.15, -0.1) is 0 Å². The zero-order chi connectivity index (χ0) is 17.9. The molecule has 2 aliphatic rings. The van der Waals surface area contributed by atoms with Crippen LogP contribution in [0, 0.1) is 11.3 Å². The molecule has 3 heteroatoms. The van der Waals surface area contributed by atoms with Crippen LogP contribution in [0.25, 0.3) is 11.1 Å². The van der Waals surface area contributed by atoms with Crippen LogP contribution in [-0.2, 0) is 6.42 Å². The smallest absolute Gasteiger partial charge is 0.123 e. The minimum Gasteiger partial charge on any atom is -0.490 e. The van der Waals surface area contributed by atoms with Crippen LogP contribution in [-0.4, -0.2) is 30.1 Å². The molecule has 0 bridgehead atoms. The number of fused-ring (bicyclic) bond motifs is 1. The number of nitriles is 1. The van der Waals surface area contributed by atoms with Gasteiger partial charge in [-0.1, -0.05) is 24.3 Å². The average molecular weight is 346 g/mol. The van der Waals surface area contributed by atoms with Gasteiger partial charge in [-0.25, -0.2) is 0 Å². The SMILES string of the molecule is CC1CCCN1CCCC1Cc2ccc(-c3ccc(C#N)cc3)cc2O1. The van der Waals surface area contributed by atoms with Crippen LogP contribution in [0.5, 0.6) is 5.75 Å². The van der Waals surface area contributed by atoms with Crippen molar-refractivity contribution in [2.24, 2.45) is 0 Å². The molecule has 0 aromatic heterocycles. The molecule has 134 valence electrons. The van der Waals surface area contributed by atoms with E-state index < -0.39 is 0 Å². The van der Waals surface area contributed by atoms with E-state index in [9.17, 15) is 0 Å². The summed E-state index contributed by atoms with van der Waals surface area (Å²) in [5.74, 6) is 1.03. The maximum Gasteiger partial charge on any atom is 0.123 e. The lowest BCUT2D eigenvalue weighted by Crippen LogP contribution is -2.28. The molecular weight excluding hydrogens is 320 g/mol. The lowest BCUT2D eigenvalue weighted by atomic mass is 10.0. The van der Waals surface area contributed by atoms with E-state index in [0.717, 1.165) is 35.8 Å². The second-order valence-corrected chi connectivity index (χ2v) is 7.63. The first-order chi connectivity index (χ1) is 12.7. The van der Waals surface area contributed by atoms with E-state index in [1.165, 1.54) is 37.9 Å². The van der Waals surface area contributed by atoms with Crippen molar-refractivity contribution in [2.75, 3.05) is 13.1 Å². The summed E-state index contributed by atoms with van der Waals surface area (Å²) in [4.78, 5) is 2.62. The number of rotatable bonds is 5. The highest BCUT2D eigenvalue weighted by Gasteiger charge is 2.24. The molecule has 0 amide bonds. The molecule has 3 nitrogen and oxygen atoms in total. The van der Waals surface area contributed by atoms with Crippen LogP contribution >= 0.6 is 0 Å². The molecule has 0 radical (unpaired) electrons. The summed E-state index contributed by atoms with van der Waals surface area (Å²) < 4.78 is 6.23. The normalized spacial score (nSPS) is 22.0. The Hall–Kier alpha value is -2.31. The standard InChI is InChI=1S/C23H26N2O/c1-17-4-2-12-25(17)13-3-5-22-14-21-11-10-20(15-23(21)26-22)19-8-6-18(16-24)7-9-19/h6-11,15,17,22H,2-5,12-14H2,1H3. The van der Waals surface area contributed by atoms with Gasteiger partial charge in [0.25, 0.3) is 0 Å². The van der Waals surface area contributed by atoms with Crippen molar-refractivity contribution in [1.82, 2.24) is 4.90 Å². The third kappa shape index (κ3) is 3.61. The fourth-order valence-electron chi connectivity index (χ4n) is 4.22. The molecule has 0 N–H and O–H groups in total. The molecular formula is C23H26N2O. The molecule has 2 heterocycles. The molecule has 2 aliphatic heterocycles. The lowest BCUT2D eigenvalue weighted by molar-refractivity contribution is 0.198. The van der Waals surface area contributed by atoms with Crippen molar-refractivity contribution < 1.29 is 4.74 Å². The maximum absolute atomic E-state index is 8.94. The Morgan fingerprint density at radius 3 is 2.69 bits per heavy atom. The zero-order valence-electron chi connectivity index (χ0n) is 15.4. The molecule has 0 saturated carbocycles. The average Bonchev–Trinajstić information content (AvgIpc) is 3.27. The number of benzene rings is 2. The molecule has 2 unspecified atom stereocenters. The molecule has 0 aliphatic carbocycles. The van der Waals surface area contributed by atoms with Crippen molar-refractivity contribution in [1.29, 1.82) is 5.26 Å². The predicted molar refractivity (Wildman–Crippen MR) is 104 cm³/mol. The minimum absolute atomic E-state index is 0.319. The third-order valence-corrected chi connectivity index (χ3v) is 5.82.